The van der Waals surface area contributed by atoms with Crippen molar-refractivity contribution >= 4 is 18.3 Å². The molecule has 6 nitrogen and oxygen atoms in total. The minimum atomic E-state index is -0.545. The molecule has 2 amide bonds. The number of ether oxygens (including phenoxy) is 1. The SMILES string of the molecule is CCN(C(=O)OC(C)(C)C)c1ccc([C@@H]2CCCCN2C=O)cn1. The van der Waals surface area contributed by atoms with Gasteiger partial charge >= 0.3 is 6.09 Å². The van der Waals surface area contributed by atoms with E-state index in [0.29, 0.717) is 12.4 Å². The fraction of sp³-hybridized carbons (Fsp3) is 0.611. The molecule has 2 rings (SSSR count). The van der Waals surface area contributed by atoms with Gasteiger partial charge in [0.05, 0.1) is 6.04 Å². The average Bonchev–Trinajstić information content (AvgIpc) is 2.54. The van der Waals surface area contributed by atoms with Crippen molar-refractivity contribution in [3.63, 3.8) is 0 Å². The molecule has 1 aromatic heterocycles. The summed E-state index contributed by atoms with van der Waals surface area (Å²) in [5.41, 5.74) is 0.461. The Morgan fingerprint density at radius 2 is 2.17 bits per heavy atom. The van der Waals surface area contributed by atoms with Crippen molar-refractivity contribution in [2.45, 2.75) is 58.6 Å². The van der Waals surface area contributed by atoms with E-state index in [9.17, 15) is 9.59 Å². The Labute approximate surface area is 143 Å². The molecule has 24 heavy (non-hydrogen) atoms. The van der Waals surface area contributed by atoms with Crippen LogP contribution in [0.1, 0.15) is 58.6 Å². The van der Waals surface area contributed by atoms with Gasteiger partial charge in [-0.15, -0.1) is 0 Å². The summed E-state index contributed by atoms with van der Waals surface area (Å²) >= 11 is 0. The number of nitrogens with zero attached hydrogens (tertiary/aromatic N) is 3. The van der Waals surface area contributed by atoms with Gasteiger partial charge < -0.3 is 9.64 Å². The Kier molecular flexibility index (Phi) is 5.80. The van der Waals surface area contributed by atoms with Crippen molar-refractivity contribution in [2.24, 2.45) is 0 Å². The number of carbonyl (C=O) groups excluding carboxylic acids is 2. The summed E-state index contributed by atoms with van der Waals surface area (Å²) in [4.78, 5) is 31.3. The summed E-state index contributed by atoms with van der Waals surface area (Å²) in [6, 6.07) is 3.84. The molecule has 0 unspecified atom stereocenters. The van der Waals surface area contributed by atoms with Gasteiger partial charge in [-0.05, 0) is 58.6 Å². The first-order valence-corrected chi connectivity index (χ1v) is 8.53. The normalized spacial score (nSPS) is 18.2. The summed E-state index contributed by atoms with van der Waals surface area (Å²) in [6.07, 6.45) is 5.37. The first-order chi connectivity index (χ1) is 11.4. The Morgan fingerprint density at radius 3 is 2.71 bits per heavy atom. The van der Waals surface area contributed by atoms with Gasteiger partial charge in [-0.2, -0.15) is 0 Å². The van der Waals surface area contributed by atoms with Gasteiger partial charge in [-0.25, -0.2) is 9.78 Å². The van der Waals surface area contributed by atoms with E-state index >= 15 is 0 Å². The lowest BCUT2D eigenvalue weighted by atomic mass is 9.97. The van der Waals surface area contributed by atoms with Crippen LogP contribution in [0.4, 0.5) is 10.6 Å². The second-order valence-corrected chi connectivity index (χ2v) is 7.03. The zero-order chi connectivity index (χ0) is 17.7. The molecule has 1 atom stereocenters. The Hall–Kier alpha value is -2.11. The minimum absolute atomic E-state index is 0.0782. The van der Waals surface area contributed by atoms with Crippen molar-refractivity contribution in [1.82, 2.24) is 9.88 Å². The van der Waals surface area contributed by atoms with Crippen LogP contribution in [0.2, 0.25) is 0 Å². The van der Waals surface area contributed by atoms with E-state index in [1.807, 2.05) is 44.7 Å². The van der Waals surface area contributed by atoms with E-state index in [1.54, 1.807) is 6.20 Å². The van der Waals surface area contributed by atoms with Crippen LogP contribution in [0.5, 0.6) is 0 Å². The summed E-state index contributed by atoms with van der Waals surface area (Å²) in [7, 11) is 0. The molecular weight excluding hydrogens is 306 g/mol. The van der Waals surface area contributed by atoms with E-state index in [0.717, 1.165) is 37.8 Å². The monoisotopic (exact) mass is 333 g/mol. The fourth-order valence-electron chi connectivity index (χ4n) is 2.89. The average molecular weight is 333 g/mol. The van der Waals surface area contributed by atoms with Gasteiger partial charge in [0.25, 0.3) is 0 Å². The van der Waals surface area contributed by atoms with Crippen molar-refractivity contribution in [3.05, 3.63) is 23.9 Å². The molecule has 0 N–H and O–H groups in total. The predicted molar refractivity (Wildman–Crippen MR) is 92.9 cm³/mol. The third-order valence-corrected chi connectivity index (χ3v) is 4.04. The maximum Gasteiger partial charge on any atom is 0.415 e. The van der Waals surface area contributed by atoms with Crippen LogP contribution in [-0.2, 0) is 9.53 Å². The molecule has 0 aliphatic carbocycles. The number of aromatic nitrogens is 1. The minimum Gasteiger partial charge on any atom is -0.443 e. The number of rotatable bonds is 4. The number of carbonyl (C=O) groups is 2. The molecule has 6 heteroatoms. The molecule has 1 aliphatic rings. The van der Waals surface area contributed by atoms with Crippen LogP contribution in [0.25, 0.3) is 0 Å². The van der Waals surface area contributed by atoms with Gasteiger partial charge in [0.1, 0.15) is 11.4 Å². The summed E-state index contributed by atoms with van der Waals surface area (Å²) in [6.45, 7) is 8.67. The van der Waals surface area contributed by atoms with E-state index in [4.69, 9.17) is 4.74 Å². The molecule has 0 saturated carbocycles. The molecule has 0 radical (unpaired) electrons. The largest absolute Gasteiger partial charge is 0.443 e. The highest BCUT2D eigenvalue weighted by molar-refractivity contribution is 5.86. The van der Waals surface area contributed by atoms with Gasteiger partial charge in [0.2, 0.25) is 6.41 Å². The first kappa shape index (κ1) is 18.2. The van der Waals surface area contributed by atoms with Gasteiger partial charge in [0, 0.05) is 19.3 Å². The molecular formula is C18H27N3O3. The van der Waals surface area contributed by atoms with Gasteiger partial charge in [0.15, 0.2) is 0 Å². The fourth-order valence-corrected chi connectivity index (χ4v) is 2.89. The Morgan fingerprint density at radius 1 is 1.42 bits per heavy atom. The standard InChI is InChI=1S/C18H27N3O3/c1-5-21(17(23)24-18(2,3)4)16-10-9-14(12-19-16)15-8-6-7-11-20(15)13-22/h9-10,12-13,15H,5-8,11H2,1-4H3/t15-/m0/s1. The topological polar surface area (TPSA) is 62.7 Å². The molecule has 0 bridgehead atoms. The quantitative estimate of drug-likeness (QED) is 0.791. The second kappa shape index (κ2) is 7.64. The number of hydrogen-bond donors (Lipinski definition) is 0. The van der Waals surface area contributed by atoms with E-state index in [1.165, 1.54) is 4.90 Å². The smallest absolute Gasteiger partial charge is 0.415 e. The van der Waals surface area contributed by atoms with Gasteiger partial charge in [-0.1, -0.05) is 6.07 Å². The maximum absolute atomic E-state index is 12.3. The van der Waals surface area contributed by atoms with Crippen LogP contribution >= 0.6 is 0 Å². The van der Waals surface area contributed by atoms with Crippen LogP contribution in [0.3, 0.4) is 0 Å². The zero-order valence-corrected chi connectivity index (χ0v) is 15.0. The molecule has 0 spiro atoms. The Bertz CT molecular complexity index is 566. The van der Waals surface area contributed by atoms with Crippen LogP contribution in [-0.4, -0.2) is 41.1 Å². The number of pyridine rings is 1. The highest BCUT2D eigenvalue weighted by Gasteiger charge is 2.25. The predicted octanol–water partition coefficient (Wildman–Crippen LogP) is 3.53. The third-order valence-electron chi connectivity index (χ3n) is 4.04. The van der Waals surface area contributed by atoms with Crippen LogP contribution < -0.4 is 4.90 Å². The van der Waals surface area contributed by atoms with E-state index < -0.39 is 11.7 Å². The van der Waals surface area contributed by atoms with Crippen molar-refractivity contribution in [1.29, 1.82) is 0 Å². The van der Waals surface area contributed by atoms with Gasteiger partial charge in [-0.3, -0.25) is 9.69 Å². The lowest BCUT2D eigenvalue weighted by molar-refractivity contribution is -0.121. The van der Waals surface area contributed by atoms with Crippen molar-refractivity contribution < 1.29 is 14.3 Å². The third kappa shape index (κ3) is 4.46. The number of anilines is 1. The number of hydrogen-bond acceptors (Lipinski definition) is 4. The first-order valence-electron chi connectivity index (χ1n) is 8.53. The lowest BCUT2D eigenvalue weighted by Crippen LogP contribution is -2.37. The lowest BCUT2D eigenvalue weighted by Gasteiger charge is -2.33. The molecule has 132 valence electrons. The van der Waals surface area contributed by atoms with E-state index in [2.05, 4.69) is 4.98 Å². The number of amides is 2. The maximum atomic E-state index is 12.3. The van der Waals surface area contributed by atoms with Crippen molar-refractivity contribution in [3.8, 4) is 0 Å². The molecule has 0 aromatic carbocycles. The van der Waals surface area contributed by atoms with Crippen LogP contribution in [0, 0.1) is 0 Å². The summed E-state index contributed by atoms with van der Waals surface area (Å²) < 4.78 is 5.42. The van der Waals surface area contributed by atoms with E-state index in [-0.39, 0.29) is 6.04 Å². The molecule has 1 aromatic rings. The molecule has 2 heterocycles. The molecule has 1 fully saturated rings. The highest BCUT2D eigenvalue weighted by atomic mass is 16.6. The molecule has 1 aliphatic heterocycles. The highest BCUT2D eigenvalue weighted by Crippen LogP contribution is 2.30. The summed E-state index contributed by atoms with van der Waals surface area (Å²) in [5, 5.41) is 0. The summed E-state index contributed by atoms with van der Waals surface area (Å²) in [5.74, 6) is 0.559. The van der Waals surface area contributed by atoms with Crippen molar-refractivity contribution in [2.75, 3.05) is 18.0 Å². The second-order valence-electron chi connectivity index (χ2n) is 7.03. The van der Waals surface area contributed by atoms with Crippen LogP contribution in [0.15, 0.2) is 18.3 Å². The number of piperidine rings is 1. The number of likely N-dealkylation sites (tertiary alicyclic amines) is 1. The molecule has 1 saturated heterocycles. The zero-order valence-electron chi connectivity index (χ0n) is 15.0. The Balaban J connectivity index is 2.14.